The third-order valence-electron chi connectivity index (χ3n) is 12.6. The van der Waals surface area contributed by atoms with Gasteiger partial charge in [-0.3, -0.25) is 14.4 Å². The van der Waals surface area contributed by atoms with Crippen LogP contribution in [-0.2, 0) is 28.6 Å². The SMILES string of the molecule is CC/C=C\C/C=C\C/C=C\CCCCCCCC(=O)OC(COC(=O)CCCCCCC/C=C\CCC)COC(=O)CCCCCCCCCCCCCC/C=C\C/C=C\C/C=C\CCCCCCC. The Morgan fingerprint density at radius 2 is 0.586 bits per heavy atom. The average molecular weight is 976 g/mol. The number of hydrogen-bond acceptors (Lipinski definition) is 6. The van der Waals surface area contributed by atoms with E-state index < -0.39 is 6.10 Å². The smallest absolute Gasteiger partial charge is 0.306 e. The third-order valence-corrected chi connectivity index (χ3v) is 12.6. The summed E-state index contributed by atoms with van der Waals surface area (Å²) in [4.78, 5) is 38.1. The van der Waals surface area contributed by atoms with Crippen molar-refractivity contribution in [2.24, 2.45) is 0 Å². The maximum atomic E-state index is 12.8. The molecular weight excluding hydrogens is 865 g/mol. The van der Waals surface area contributed by atoms with Crippen LogP contribution in [0.25, 0.3) is 0 Å². The second kappa shape index (κ2) is 58.2. The molecule has 0 radical (unpaired) electrons. The van der Waals surface area contributed by atoms with Crippen LogP contribution < -0.4 is 0 Å². The number of hydrogen-bond donors (Lipinski definition) is 0. The summed E-state index contributed by atoms with van der Waals surface area (Å²) < 4.78 is 16.8. The van der Waals surface area contributed by atoms with Gasteiger partial charge in [0.15, 0.2) is 6.10 Å². The van der Waals surface area contributed by atoms with Gasteiger partial charge in [-0.15, -0.1) is 0 Å². The van der Waals surface area contributed by atoms with Crippen molar-refractivity contribution in [1.82, 2.24) is 0 Å². The summed E-state index contributed by atoms with van der Waals surface area (Å²) in [5.41, 5.74) is 0. The van der Waals surface area contributed by atoms with Crippen LogP contribution in [0.5, 0.6) is 0 Å². The quantitative estimate of drug-likeness (QED) is 0.0261. The highest BCUT2D eigenvalue weighted by Crippen LogP contribution is 2.15. The van der Waals surface area contributed by atoms with Crippen LogP contribution in [-0.4, -0.2) is 37.2 Å². The first kappa shape index (κ1) is 66.6. The summed E-state index contributed by atoms with van der Waals surface area (Å²) in [7, 11) is 0. The van der Waals surface area contributed by atoms with E-state index in [-0.39, 0.29) is 31.1 Å². The molecule has 0 saturated heterocycles. The second-order valence-corrected chi connectivity index (χ2v) is 19.5. The molecule has 0 aliphatic rings. The zero-order chi connectivity index (χ0) is 50.7. The van der Waals surface area contributed by atoms with Crippen LogP contribution in [0.15, 0.2) is 85.1 Å². The van der Waals surface area contributed by atoms with Crippen LogP contribution in [0, 0.1) is 0 Å². The van der Waals surface area contributed by atoms with Gasteiger partial charge < -0.3 is 14.2 Å². The van der Waals surface area contributed by atoms with Gasteiger partial charge in [-0.2, -0.15) is 0 Å². The predicted molar refractivity (Wildman–Crippen MR) is 302 cm³/mol. The molecule has 0 bridgehead atoms. The van der Waals surface area contributed by atoms with Crippen molar-refractivity contribution in [2.45, 2.75) is 290 Å². The molecule has 1 atom stereocenters. The van der Waals surface area contributed by atoms with E-state index in [4.69, 9.17) is 14.2 Å². The zero-order valence-electron chi connectivity index (χ0n) is 46.0. The highest BCUT2D eigenvalue weighted by atomic mass is 16.6. The number of ether oxygens (including phenoxy) is 3. The van der Waals surface area contributed by atoms with Crippen LogP contribution in [0.1, 0.15) is 284 Å². The standard InChI is InChI=1S/C64H110O6/c1-4-7-10-13-16-19-22-24-26-27-28-29-30-31-32-33-34-35-36-37-39-40-42-45-48-51-54-57-63(66)69-60-61(59-68-62(65)56-53-50-47-44-21-18-15-12-9-6-3)70-64(67)58-55-52-49-46-43-41-38-25-23-20-17-14-11-8-5-2/h8,11-12,15,17,20,22,24-25,27-28,30-31,38,61H,4-7,9-10,13-14,16,18-19,21,23,26,29,32-37,39-60H2,1-3H3/b11-8-,15-12-,20-17-,24-22-,28-27-,31-30-,38-25-. The fourth-order valence-corrected chi connectivity index (χ4v) is 8.17. The molecule has 0 rings (SSSR count). The monoisotopic (exact) mass is 975 g/mol. The van der Waals surface area contributed by atoms with Crippen LogP contribution in [0.2, 0.25) is 0 Å². The van der Waals surface area contributed by atoms with E-state index in [0.717, 1.165) is 122 Å². The molecule has 1 unspecified atom stereocenters. The lowest BCUT2D eigenvalue weighted by Gasteiger charge is -2.18. The molecular formula is C64H110O6. The first-order valence-corrected chi connectivity index (χ1v) is 29.6. The van der Waals surface area contributed by atoms with Crippen molar-refractivity contribution in [3.8, 4) is 0 Å². The summed E-state index contributed by atoms with van der Waals surface area (Å²) in [5, 5.41) is 0. The van der Waals surface area contributed by atoms with Gasteiger partial charge in [-0.05, 0) is 109 Å². The number of unbranched alkanes of at least 4 members (excludes halogenated alkanes) is 28. The molecule has 0 aromatic heterocycles. The Hall–Kier alpha value is -3.41. The van der Waals surface area contributed by atoms with Gasteiger partial charge in [0.1, 0.15) is 13.2 Å². The van der Waals surface area contributed by atoms with Crippen molar-refractivity contribution in [1.29, 1.82) is 0 Å². The summed E-state index contributed by atoms with van der Waals surface area (Å²) in [6.45, 7) is 6.44. The number of esters is 3. The van der Waals surface area contributed by atoms with Crippen molar-refractivity contribution in [3.05, 3.63) is 85.1 Å². The molecule has 0 spiro atoms. The van der Waals surface area contributed by atoms with E-state index in [1.54, 1.807) is 0 Å². The maximum absolute atomic E-state index is 12.8. The van der Waals surface area contributed by atoms with Gasteiger partial charge in [-0.1, -0.05) is 241 Å². The van der Waals surface area contributed by atoms with E-state index in [0.29, 0.717) is 19.3 Å². The molecule has 0 aliphatic carbocycles. The number of carbonyl (C=O) groups excluding carboxylic acids is 3. The summed E-state index contributed by atoms with van der Waals surface area (Å²) >= 11 is 0. The van der Waals surface area contributed by atoms with Crippen LogP contribution in [0.4, 0.5) is 0 Å². The van der Waals surface area contributed by atoms with Crippen molar-refractivity contribution < 1.29 is 28.6 Å². The summed E-state index contributed by atoms with van der Waals surface area (Å²) in [6.07, 6.45) is 75.9. The largest absolute Gasteiger partial charge is 0.462 e. The highest BCUT2D eigenvalue weighted by molar-refractivity contribution is 5.71. The zero-order valence-corrected chi connectivity index (χ0v) is 46.0. The Kier molecular flexibility index (Phi) is 55.3. The molecule has 0 aliphatic heterocycles. The topological polar surface area (TPSA) is 78.9 Å². The van der Waals surface area contributed by atoms with E-state index in [2.05, 4.69) is 106 Å². The molecule has 0 heterocycles. The number of allylic oxidation sites excluding steroid dienone is 14. The Bertz CT molecular complexity index is 1350. The number of rotatable bonds is 53. The normalized spacial score (nSPS) is 12.7. The predicted octanol–water partition coefficient (Wildman–Crippen LogP) is 19.9. The van der Waals surface area contributed by atoms with E-state index >= 15 is 0 Å². The third kappa shape index (κ3) is 55.5. The minimum absolute atomic E-state index is 0.0868. The van der Waals surface area contributed by atoms with E-state index in [9.17, 15) is 14.4 Å². The van der Waals surface area contributed by atoms with Gasteiger partial charge in [0.2, 0.25) is 0 Å². The van der Waals surface area contributed by atoms with Crippen molar-refractivity contribution >= 4 is 17.9 Å². The molecule has 0 N–H and O–H groups in total. The lowest BCUT2D eigenvalue weighted by atomic mass is 10.0. The average Bonchev–Trinajstić information content (AvgIpc) is 3.36. The Morgan fingerprint density at radius 3 is 0.943 bits per heavy atom. The molecule has 70 heavy (non-hydrogen) atoms. The Balaban J connectivity index is 4.22. The summed E-state index contributed by atoms with van der Waals surface area (Å²) in [5.74, 6) is -0.913. The second-order valence-electron chi connectivity index (χ2n) is 19.5. The Morgan fingerprint density at radius 1 is 0.300 bits per heavy atom. The molecule has 6 nitrogen and oxygen atoms in total. The highest BCUT2D eigenvalue weighted by Gasteiger charge is 2.19. The van der Waals surface area contributed by atoms with Gasteiger partial charge in [-0.25, -0.2) is 0 Å². The minimum Gasteiger partial charge on any atom is -0.462 e. The number of carbonyl (C=O) groups is 3. The Labute approximate surface area is 433 Å². The van der Waals surface area contributed by atoms with Gasteiger partial charge in [0.05, 0.1) is 0 Å². The van der Waals surface area contributed by atoms with Crippen molar-refractivity contribution in [2.75, 3.05) is 13.2 Å². The lowest BCUT2D eigenvalue weighted by molar-refractivity contribution is -0.167. The van der Waals surface area contributed by atoms with E-state index in [1.165, 1.54) is 122 Å². The molecule has 0 amide bonds. The fraction of sp³-hybridized carbons (Fsp3) is 0.734. The van der Waals surface area contributed by atoms with E-state index in [1.807, 2.05) is 0 Å². The van der Waals surface area contributed by atoms with Gasteiger partial charge >= 0.3 is 17.9 Å². The molecule has 6 heteroatoms. The first-order chi connectivity index (χ1) is 34.5. The fourth-order valence-electron chi connectivity index (χ4n) is 8.17. The van der Waals surface area contributed by atoms with Crippen LogP contribution >= 0.6 is 0 Å². The van der Waals surface area contributed by atoms with Gasteiger partial charge in [0.25, 0.3) is 0 Å². The van der Waals surface area contributed by atoms with Crippen LogP contribution in [0.3, 0.4) is 0 Å². The molecule has 0 saturated carbocycles. The summed E-state index contributed by atoms with van der Waals surface area (Å²) in [6, 6.07) is 0. The molecule has 402 valence electrons. The molecule has 0 aromatic rings. The maximum Gasteiger partial charge on any atom is 0.306 e. The van der Waals surface area contributed by atoms with Gasteiger partial charge in [0, 0.05) is 19.3 Å². The first-order valence-electron chi connectivity index (χ1n) is 29.6. The lowest BCUT2D eigenvalue weighted by Crippen LogP contribution is -2.30. The minimum atomic E-state index is -0.789. The molecule has 0 fully saturated rings. The molecule has 0 aromatic carbocycles. The van der Waals surface area contributed by atoms with Crippen molar-refractivity contribution in [3.63, 3.8) is 0 Å².